The van der Waals surface area contributed by atoms with Gasteiger partial charge in [-0.3, -0.25) is 4.98 Å². The molecule has 1 aromatic heterocycles. The lowest BCUT2D eigenvalue weighted by molar-refractivity contribution is 0.318. The van der Waals surface area contributed by atoms with Crippen molar-refractivity contribution in [2.45, 2.75) is 26.3 Å². The molecule has 1 rings (SSSR count). The maximum absolute atomic E-state index is 8.59. The lowest BCUT2D eigenvalue weighted by Crippen LogP contribution is -2.20. The highest BCUT2D eigenvalue weighted by Gasteiger charge is 2.04. The van der Waals surface area contributed by atoms with Gasteiger partial charge in [0.15, 0.2) is 5.84 Å². The molecule has 0 unspecified atom stereocenters. The van der Waals surface area contributed by atoms with Gasteiger partial charge >= 0.3 is 0 Å². The highest BCUT2D eigenvalue weighted by atomic mass is 16.4. The Morgan fingerprint density at radius 2 is 2.35 bits per heavy atom. The maximum atomic E-state index is 8.59. The molecule has 94 valence electrons. The van der Waals surface area contributed by atoms with Crippen molar-refractivity contribution >= 4 is 5.84 Å². The highest BCUT2D eigenvalue weighted by Crippen LogP contribution is 2.05. The fourth-order valence-corrected chi connectivity index (χ4v) is 1.58. The summed E-state index contributed by atoms with van der Waals surface area (Å²) in [6, 6.07) is 3.79. The second-order valence-electron chi connectivity index (χ2n) is 4.13. The molecule has 0 radical (unpaired) electrons. The van der Waals surface area contributed by atoms with Crippen LogP contribution in [0.5, 0.6) is 0 Å². The summed E-state index contributed by atoms with van der Waals surface area (Å²) in [6.45, 7) is 4.09. The van der Waals surface area contributed by atoms with Gasteiger partial charge in [0.2, 0.25) is 0 Å². The van der Waals surface area contributed by atoms with Gasteiger partial charge < -0.3 is 15.8 Å². The number of nitrogens with two attached hydrogens (primary N) is 1. The molecule has 17 heavy (non-hydrogen) atoms. The van der Waals surface area contributed by atoms with E-state index < -0.39 is 0 Å². The average molecular weight is 236 g/mol. The first-order valence-electron chi connectivity index (χ1n) is 5.78. The molecule has 1 heterocycles. The van der Waals surface area contributed by atoms with Crippen molar-refractivity contribution in [2.75, 3.05) is 13.6 Å². The van der Waals surface area contributed by atoms with Crippen LogP contribution in [0.1, 0.15) is 31.0 Å². The molecule has 0 saturated carbocycles. The first-order chi connectivity index (χ1) is 8.17. The number of hydrogen-bond donors (Lipinski definition) is 2. The van der Waals surface area contributed by atoms with Gasteiger partial charge in [-0.05, 0) is 37.7 Å². The first kappa shape index (κ1) is 13.4. The van der Waals surface area contributed by atoms with Gasteiger partial charge in [0.1, 0.15) is 5.69 Å². The number of nitrogens with zero attached hydrogens (tertiary/aromatic N) is 3. The monoisotopic (exact) mass is 236 g/mol. The Labute approximate surface area is 102 Å². The van der Waals surface area contributed by atoms with Crippen LogP contribution in [0.3, 0.4) is 0 Å². The normalized spacial score (nSPS) is 12.1. The second kappa shape index (κ2) is 6.85. The van der Waals surface area contributed by atoms with Crippen molar-refractivity contribution < 1.29 is 5.21 Å². The van der Waals surface area contributed by atoms with Crippen LogP contribution in [-0.2, 0) is 6.54 Å². The summed E-state index contributed by atoms with van der Waals surface area (Å²) < 4.78 is 0. The molecule has 1 aromatic rings. The molecular weight excluding hydrogens is 216 g/mol. The lowest BCUT2D eigenvalue weighted by atomic mass is 10.2. The van der Waals surface area contributed by atoms with Gasteiger partial charge in [-0.1, -0.05) is 18.5 Å². The van der Waals surface area contributed by atoms with Gasteiger partial charge in [0.25, 0.3) is 0 Å². The summed E-state index contributed by atoms with van der Waals surface area (Å²) in [4.78, 5) is 6.29. The van der Waals surface area contributed by atoms with Crippen molar-refractivity contribution in [3.63, 3.8) is 0 Å². The molecule has 0 aliphatic carbocycles. The molecule has 0 aliphatic rings. The van der Waals surface area contributed by atoms with E-state index in [2.05, 4.69) is 29.0 Å². The van der Waals surface area contributed by atoms with E-state index in [4.69, 9.17) is 10.9 Å². The zero-order chi connectivity index (χ0) is 12.7. The first-order valence-corrected chi connectivity index (χ1v) is 5.78. The van der Waals surface area contributed by atoms with Gasteiger partial charge in [0, 0.05) is 12.7 Å². The minimum atomic E-state index is 0.0445. The SMILES string of the molecule is CCCCN(C)Cc1ccnc(C(N)=NO)c1. The number of amidine groups is 1. The molecule has 5 heteroatoms. The number of aromatic nitrogens is 1. The third kappa shape index (κ3) is 4.40. The summed E-state index contributed by atoms with van der Waals surface area (Å²) in [5.41, 5.74) is 7.12. The van der Waals surface area contributed by atoms with Crippen LogP contribution in [0.25, 0.3) is 0 Å². The van der Waals surface area contributed by atoms with Gasteiger partial charge in [-0.25, -0.2) is 0 Å². The summed E-state index contributed by atoms with van der Waals surface area (Å²) in [6.07, 6.45) is 4.06. The minimum Gasteiger partial charge on any atom is -0.409 e. The molecule has 0 fully saturated rings. The van der Waals surface area contributed by atoms with Crippen molar-refractivity contribution in [3.05, 3.63) is 29.6 Å². The molecule has 0 amide bonds. The molecule has 3 N–H and O–H groups in total. The maximum Gasteiger partial charge on any atom is 0.188 e. The molecule has 0 aromatic carbocycles. The largest absolute Gasteiger partial charge is 0.409 e. The van der Waals surface area contributed by atoms with Gasteiger partial charge in [0.05, 0.1) is 0 Å². The quantitative estimate of drug-likeness (QED) is 0.339. The number of hydrogen-bond acceptors (Lipinski definition) is 4. The second-order valence-corrected chi connectivity index (χ2v) is 4.13. The molecule has 0 spiro atoms. The molecule has 0 aliphatic heterocycles. The fraction of sp³-hybridized carbons (Fsp3) is 0.500. The highest BCUT2D eigenvalue weighted by molar-refractivity contribution is 5.95. The van der Waals surface area contributed by atoms with Gasteiger partial charge in [-0.2, -0.15) is 0 Å². The van der Waals surface area contributed by atoms with Crippen molar-refractivity contribution in [3.8, 4) is 0 Å². The zero-order valence-corrected chi connectivity index (χ0v) is 10.4. The predicted octanol–water partition coefficient (Wildman–Crippen LogP) is 1.41. The molecule has 0 saturated heterocycles. The van der Waals surface area contributed by atoms with Crippen LogP contribution in [0.4, 0.5) is 0 Å². The Hall–Kier alpha value is -1.62. The van der Waals surface area contributed by atoms with E-state index in [-0.39, 0.29) is 5.84 Å². The number of oxime groups is 1. The average Bonchev–Trinajstić information content (AvgIpc) is 2.35. The summed E-state index contributed by atoms with van der Waals surface area (Å²) in [5.74, 6) is 0.0445. The van der Waals surface area contributed by atoms with E-state index in [9.17, 15) is 0 Å². The van der Waals surface area contributed by atoms with Crippen molar-refractivity contribution in [1.29, 1.82) is 0 Å². The summed E-state index contributed by atoms with van der Waals surface area (Å²) in [7, 11) is 2.08. The van der Waals surface area contributed by atoms with Crippen LogP contribution >= 0.6 is 0 Å². The number of unbranched alkanes of at least 4 members (excludes halogenated alkanes) is 1. The Bertz CT molecular complexity index is 379. The van der Waals surface area contributed by atoms with Crippen LogP contribution in [0.15, 0.2) is 23.5 Å². The molecule has 0 atom stereocenters. The lowest BCUT2D eigenvalue weighted by Gasteiger charge is -2.16. The van der Waals surface area contributed by atoms with Crippen LogP contribution < -0.4 is 5.73 Å². The Balaban J connectivity index is 2.65. The molecular formula is C12H20N4O. The summed E-state index contributed by atoms with van der Waals surface area (Å²) in [5, 5.41) is 11.5. The number of rotatable bonds is 6. The Morgan fingerprint density at radius 3 is 3.00 bits per heavy atom. The van der Waals surface area contributed by atoms with Crippen LogP contribution in [-0.4, -0.2) is 34.5 Å². The molecule has 5 nitrogen and oxygen atoms in total. The van der Waals surface area contributed by atoms with E-state index in [0.717, 1.165) is 18.7 Å². The zero-order valence-electron chi connectivity index (χ0n) is 10.4. The predicted molar refractivity (Wildman–Crippen MR) is 68.0 cm³/mol. The standard InChI is InChI=1S/C12H20N4O/c1-3-4-7-16(2)9-10-5-6-14-11(8-10)12(13)15-17/h5-6,8,17H,3-4,7,9H2,1-2H3,(H2,13,15). The van der Waals surface area contributed by atoms with Gasteiger partial charge in [-0.15, -0.1) is 0 Å². The fourth-order valence-electron chi connectivity index (χ4n) is 1.58. The van der Waals surface area contributed by atoms with E-state index in [1.807, 2.05) is 12.1 Å². The third-order valence-electron chi connectivity index (χ3n) is 2.54. The molecule has 0 bridgehead atoms. The van der Waals surface area contributed by atoms with E-state index in [1.54, 1.807) is 6.20 Å². The van der Waals surface area contributed by atoms with Crippen molar-refractivity contribution in [1.82, 2.24) is 9.88 Å². The van der Waals surface area contributed by atoms with Crippen molar-refractivity contribution in [2.24, 2.45) is 10.9 Å². The van der Waals surface area contributed by atoms with E-state index >= 15 is 0 Å². The third-order valence-corrected chi connectivity index (χ3v) is 2.54. The summed E-state index contributed by atoms with van der Waals surface area (Å²) >= 11 is 0. The minimum absolute atomic E-state index is 0.0445. The number of pyridine rings is 1. The Morgan fingerprint density at radius 1 is 1.59 bits per heavy atom. The van der Waals surface area contributed by atoms with Crippen LogP contribution in [0, 0.1) is 0 Å². The topological polar surface area (TPSA) is 74.7 Å². The smallest absolute Gasteiger partial charge is 0.188 e. The Kier molecular flexibility index (Phi) is 5.42. The van der Waals surface area contributed by atoms with E-state index in [1.165, 1.54) is 12.8 Å². The van der Waals surface area contributed by atoms with E-state index in [0.29, 0.717) is 5.69 Å². The van der Waals surface area contributed by atoms with Crippen LogP contribution in [0.2, 0.25) is 0 Å².